The minimum absolute atomic E-state index is 0.178. The molecule has 0 unspecified atom stereocenters. The number of ether oxygens (including phenoxy) is 1. The third-order valence-corrected chi connectivity index (χ3v) is 2.56. The van der Waals surface area contributed by atoms with Gasteiger partial charge < -0.3 is 4.74 Å². The van der Waals surface area contributed by atoms with Gasteiger partial charge >= 0.3 is 12.4 Å². The molecular formula is C10H9BrF2O2. The zero-order valence-corrected chi connectivity index (χ0v) is 9.55. The predicted molar refractivity (Wildman–Crippen MR) is 55.2 cm³/mol. The van der Waals surface area contributed by atoms with Crippen molar-refractivity contribution in [1.29, 1.82) is 0 Å². The Morgan fingerprint density at radius 3 is 2.73 bits per heavy atom. The van der Waals surface area contributed by atoms with E-state index in [1.165, 1.54) is 6.07 Å². The first kappa shape index (κ1) is 12.1. The molecule has 5 heteroatoms. The van der Waals surface area contributed by atoms with Crippen molar-refractivity contribution in [1.82, 2.24) is 0 Å². The van der Waals surface area contributed by atoms with Crippen LogP contribution in [0.1, 0.15) is 12.5 Å². The molecule has 1 rings (SSSR count). The average Bonchev–Trinajstić information content (AvgIpc) is 2.18. The fraction of sp³-hybridized carbons (Fsp3) is 0.300. The molecule has 2 nitrogen and oxygen atoms in total. The Morgan fingerprint density at radius 1 is 1.53 bits per heavy atom. The van der Waals surface area contributed by atoms with Gasteiger partial charge in [-0.3, -0.25) is 0 Å². The number of esters is 1. The van der Waals surface area contributed by atoms with Gasteiger partial charge in [0.25, 0.3) is 0 Å². The molecule has 0 saturated carbocycles. The number of alkyl halides is 2. The van der Waals surface area contributed by atoms with Crippen LogP contribution in [0.15, 0.2) is 22.7 Å². The Bertz CT molecular complexity index is 366. The molecule has 0 aromatic heterocycles. The summed E-state index contributed by atoms with van der Waals surface area (Å²) >= 11 is 3.26. The number of rotatable bonds is 3. The van der Waals surface area contributed by atoms with Gasteiger partial charge in [-0.15, -0.1) is 0 Å². The average molecular weight is 279 g/mol. The number of carbonyl (C=O) groups is 1. The lowest BCUT2D eigenvalue weighted by Crippen LogP contribution is -2.18. The quantitative estimate of drug-likeness (QED) is 0.627. The highest BCUT2D eigenvalue weighted by atomic mass is 79.9. The molecule has 0 aliphatic heterocycles. The molecule has 0 saturated heterocycles. The summed E-state index contributed by atoms with van der Waals surface area (Å²) in [6, 6.07) is 4.87. The summed E-state index contributed by atoms with van der Waals surface area (Å²) in [7, 11) is 0. The van der Waals surface area contributed by atoms with Crippen molar-refractivity contribution in [3.63, 3.8) is 0 Å². The maximum Gasteiger partial charge on any atom is 0.379 e. The van der Waals surface area contributed by atoms with Crippen LogP contribution in [0.4, 0.5) is 8.78 Å². The molecule has 1 aromatic carbocycles. The third-order valence-electron chi connectivity index (χ3n) is 1.82. The zero-order chi connectivity index (χ0) is 11.4. The Morgan fingerprint density at radius 2 is 2.20 bits per heavy atom. The maximum absolute atomic E-state index is 12.0. The molecule has 0 bridgehead atoms. The normalized spacial score (nSPS) is 10.5. The molecule has 0 aliphatic carbocycles. The van der Waals surface area contributed by atoms with Crippen molar-refractivity contribution in [3.05, 3.63) is 28.2 Å². The number of benzene rings is 1. The van der Waals surface area contributed by atoms with Crippen LogP contribution in [0.5, 0.6) is 5.75 Å². The van der Waals surface area contributed by atoms with Crippen molar-refractivity contribution in [2.75, 3.05) is 0 Å². The van der Waals surface area contributed by atoms with Crippen molar-refractivity contribution in [3.8, 4) is 5.75 Å². The van der Waals surface area contributed by atoms with Crippen molar-refractivity contribution >= 4 is 21.9 Å². The molecule has 0 N–H and O–H groups in total. The number of hydrogen-bond donors (Lipinski definition) is 0. The fourth-order valence-corrected chi connectivity index (χ4v) is 1.76. The summed E-state index contributed by atoms with van der Waals surface area (Å²) in [5.41, 5.74) is 0.700. The van der Waals surface area contributed by atoms with E-state index in [1.807, 2.05) is 6.92 Å². The van der Waals surface area contributed by atoms with E-state index < -0.39 is 12.4 Å². The SMILES string of the molecule is CCc1c(Br)cccc1OC(=O)C(F)F. The summed E-state index contributed by atoms with van der Waals surface area (Å²) in [6.07, 6.45) is -2.51. The molecule has 0 amide bonds. The Balaban J connectivity index is 2.94. The van der Waals surface area contributed by atoms with E-state index in [9.17, 15) is 13.6 Å². The fourth-order valence-electron chi connectivity index (χ4n) is 1.13. The van der Waals surface area contributed by atoms with E-state index in [0.717, 1.165) is 4.47 Å². The van der Waals surface area contributed by atoms with Crippen LogP contribution in [-0.2, 0) is 11.2 Å². The van der Waals surface area contributed by atoms with E-state index in [2.05, 4.69) is 20.7 Å². The lowest BCUT2D eigenvalue weighted by atomic mass is 10.1. The first-order chi connectivity index (χ1) is 7.06. The Kier molecular flexibility index (Phi) is 4.20. The number of halogens is 3. The monoisotopic (exact) mass is 278 g/mol. The van der Waals surface area contributed by atoms with Crippen LogP contribution in [-0.4, -0.2) is 12.4 Å². The Hall–Kier alpha value is -0.970. The molecular weight excluding hydrogens is 270 g/mol. The highest BCUT2D eigenvalue weighted by Gasteiger charge is 2.19. The maximum atomic E-state index is 12.0. The van der Waals surface area contributed by atoms with Crippen LogP contribution in [0.25, 0.3) is 0 Å². The van der Waals surface area contributed by atoms with Gasteiger partial charge in [-0.25, -0.2) is 4.79 Å². The highest BCUT2D eigenvalue weighted by molar-refractivity contribution is 9.10. The van der Waals surface area contributed by atoms with Crippen LogP contribution in [0, 0.1) is 0 Å². The van der Waals surface area contributed by atoms with Gasteiger partial charge in [-0.1, -0.05) is 28.9 Å². The molecule has 82 valence electrons. The second-order valence-corrected chi connectivity index (χ2v) is 3.65. The first-order valence-corrected chi connectivity index (χ1v) is 5.12. The molecule has 0 heterocycles. The summed E-state index contributed by atoms with van der Waals surface area (Å²) in [4.78, 5) is 10.7. The smallest absolute Gasteiger partial charge is 0.379 e. The minimum atomic E-state index is -3.10. The molecule has 0 atom stereocenters. The summed E-state index contributed by atoms with van der Waals surface area (Å²) < 4.78 is 29.2. The summed E-state index contributed by atoms with van der Waals surface area (Å²) in [6.45, 7) is 1.85. The van der Waals surface area contributed by atoms with E-state index in [1.54, 1.807) is 12.1 Å². The molecule has 15 heavy (non-hydrogen) atoms. The first-order valence-electron chi connectivity index (χ1n) is 4.33. The zero-order valence-electron chi connectivity index (χ0n) is 7.97. The van der Waals surface area contributed by atoms with Crippen LogP contribution < -0.4 is 4.74 Å². The molecule has 0 radical (unpaired) electrons. The van der Waals surface area contributed by atoms with Gasteiger partial charge in [0.05, 0.1) is 0 Å². The largest absolute Gasteiger partial charge is 0.422 e. The van der Waals surface area contributed by atoms with Crippen molar-refractivity contribution < 1.29 is 18.3 Å². The summed E-state index contributed by atoms with van der Waals surface area (Å²) in [5, 5.41) is 0. The van der Waals surface area contributed by atoms with Gasteiger partial charge in [0, 0.05) is 10.0 Å². The number of carbonyl (C=O) groups excluding carboxylic acids is 1. The van der Waals surface area contributed by atoms with Gasteiger partial charge in [-0.05, 0) is 18.6 Å². The van der Waals surface area contributed by atoms with Crippen LogP contribution in [0.2, 0.25) is 0 Å². The van der Waals surface area contributed by atoms with E-state index >= 15 is 0 Å². The van der Waals surface area contributed by atoms with E-state index in [0.29, 0.717) is 12.0 Å². The minimum Gasteiger partial charge on any atom is -0.422 e. The topological polar surface area (TPSA) is 26.3 Å². The van der Waals surface area contributed by atoms with Crippen molar-refractivity contribution in [2.45, 2.75) is 19.8 Å². The number of hydrogen-bond acceptors (Lipinski definition) is 2. The van der Waals surface area contributed by atoms with Gasteiger partial charge in [-0.2, -0.15) is 8.78 Å². The Labute approximate surface area is 94.4 Å². The van der Waals surface area contributed by atoms with Gasteiger partial charge in [0.15, 0.2) is 0 Å². The molecule has 0 fully saturated rings. The molecule has 1 aromatic rings. The lowest BCUT2D eigenvalue weighted by molar-refractivity contribution is -0.146. The van der Waals surface area contributed by atoms with E-state index in [4.69, 9.17) is 0 Å². The second-order valence-electron chi connectivity index (χ2n) is 2.79. The third kappa shape index (κ3) is 2.99. The lowest BCUT2D eigenvalue weighted by Gasteiger charge is -2.09. The molecule has 0 spiro atoms. The summed E-state index contributed by atoms with van der Waals surface area (Å²) in [5.74, 6) is -1.35. The van der Waals surface area contributed by atoms with Gasteiger partial charge in [0.1, 0.15) is 5.75 Å². The standard InChI is InChI=1S/C10H9BrF2O2/c1-2-6-7(11)4-3-5-8(6)15-10(14)9(12)13/h3-5,9H,2H2,1H3. The molecule has 0 aliphatic rings. The van der Waals surface area contributed by atoms with Crippen LogP contribution >= 0.6 is 15.9 Å². The second kappa shape index (κ2) is 5.21. The van der Waals surface area contributed by atoms with Gasteiger partial charge in [0.2, 0.25) is 0 Å². The predicted octanol–water partition coefficient (Wildman–Crippen LogP) is 3.18. The van der Waals surface area contributed by atoms with Crippen LogP contribution in [0.3, 0.4) is 0 Å². The van der Waals surface area contributed by atoms with E-state index in [-0.39, 0.29) is 5.75 Å². The highest BCUT2D eigenvalue weighted by Crippen LogP contribution is 2.27. The van der Waals surface area contributed by atoms with Crippen molar-refractivity contribution in [2.24, 2.45) is 0 Å².